The summed E-state index contributed by atoms with van der Waals surface area (Å²) in [4.78, 5) is 1.15. The van der Waals surface area contributed by atoms with Crippen molar-refractivity contribution in [1.29, 1.82) is 5.26 Å². The fourth-order valence-electron chi connectivity index (χ4n) is 0.571. The van der Waals surface area contributed by atoms with E-state index < -0.39 is 0 Å². The van der Waals surface area contributed by atoms with Gasteiger partial charge in [-0.2, -0.15) is 5.26 Å². The van der Waals surface area contributed by atoms with Gasteiger partial charge in [0, 0.05) is 9.35 Å². The van der Waals surface area contributed by atoms with Crippen molar-refractivity contribution in [1.82, 2.24) is 5.32 Å². The summed E-state index contributed by atoms with van der Waals surface area (Å²) in [5.41, 5.74) is 0. The van der Waals surface area contributed by atoms with Gasteiger partial charge in [0.25, 0.3) is 0 Å². The van der Waals surface area contributed by atoms with E-state index in [9.17, 15) is 0 Å². The molecule has 0 unspecified atom stereocenters. The normalized spacial score (nSPS) is 8.80. The van der Waals surface area contributed by atoms with Gasteiger partial charge in [0.1, 0.15) is 0 Å². The van der Waals surface area contributed by atoms with Crippen LogP contribution >= 0.6 is 27.3 Å². The van der Waals surface area contributed by atoms with Crippen LogP contribution in [-0.2, 0) is 6.54 Å². The first-order valence-corrected chi connectivity index (χ1v) is 4.35. The second-order valence-electron chi connectivity index (χ2n) is 1.66. The summed E-state index contributed by atoms with van der Waals surface area (Å²) < 4.78 is 1.07. The minimum Gasteiger partial charge on any atom is -0.319 e. The molecule has 1 N–H and O–H groups in total. The largest absolute Gasteiger partial charge is 0.319 e. The Morgan fingerprint density at radius 3 is 3.10 bits per heavy atom. The SMILES string of the molecule is N#CNCc1sccc1Br. The van der Waals surface area contributed by atoms with E-state index in [0.29, 0.717) is 6.54 Å². The van der Waals surface area contributed by atoms with Gasteiger partial charge in [-0.25, -0.2) is 0 Å². The van der Waals surface area contributed by atoms with Gasteiger partial charge in [-0.1, -0.05) is 0 Å². The number of thiophene rings is 1. The minimum absolute atomic E-state index is 0.620. The van der Waals surface area contributed by atoms with Crippen LogP contribution in [0.15, 0.2) is 15.9 Å². The molecule has 2 nitrogen and oxygen atoms in total. The Hall–Kier alpha value is -0.530. The minimum atomic E-state index is 0.620. The zero-order valence-corrected chi connectivity index (χ0v) is 7.50. The molecule has 0 saturated heterocycles. The Labute approximate surface area is 71.6 Å². The smallest absolute Gasteiger partial charge is 0.176 e. The molecule has 0 spiro atoms. The quantitative estimate of drug-likeness (QED) is 0.608. The standard InChI is InChI=1S/C6H5BrN2S/c7-5-1-2-10-6(5)3-9-4-8/h1-2,9H,3H2. The lowest BCUT2D eigenvalue weighted by Gasteiger charge is -1.92. The van der Waals surface area contributed by atoms with Crippen molar-refractivity contribution in [3.63, 3.8) is 0 Å². The van der Waals surface area contributed by atoms with Gasteiger partial charge >= 0.3 is 0 Å². The predicted molar refractivity (Wildman–Crippen MR) is 44.5 cm³/mol. The maximum Gasteiger partial charge on any atom is 0.176 e. The van der Waals surface area contributed by atoms with E-state index >= 15 is 0 Å². The predicted octanol–water partition coefficient (Wildman–Crippen LogP) is 2.08. The summed E-state index contributed by atoms with van der Waals surface area (Å²) >= 11 is 4.99. The van der Waals surface area contributed by atoms with Crippen molar-refractivity contribution in [2.75, 3.05) is 0 Å². The fraction of sp³-hybridized carbons (Fsp3) is 0.167. The first kappa shape index (κ1) is 7.58. The average Bonchev–Trinajstić information content (AvgIpc) is 2.31. The van der Waals surface area contributed by atoms with Crippen molar-refractivity contribution >= 4 is 27.3 Å². The second-order valence-corrected chi connectivity index (χ2v) is 3.51. The highest BCUT2D eigenvalue weighted by molar-refractivity contribution is 9.10. The number of rotatable bonds is 2. The van der Waals surface area contributed by atoms with E-state index in [1.807, 2.05) is 17.6 Å². The lowest BCUT2D eigenvalue weighted by atomic mass is 10.5. The third-order valence-electron chi connectivity index (χ3n) is 1.02. The number of nitrogens with zero attached hydrogens (tertiary/aromatic N) is 1. The van der Waals surface area contributed by atoms with E-state index in [0.717, 1.165) is 9.35 Å². The molecule has 52 valence electrons. The Bertz CT molecular complexity index is 250. The Morgan fingerprint density at radius 1 is 1.80 bits per heavy atom. The number of hydrogen-bond donors (Lipinski definition) is 1. The zero-order chi connectivity index (χ0) is 7.40. The van der Waals surface area contributed by atoms with Gasteiger partial charge in [0.2, 0.25) is 0 Å². The summed E-state index contributed by atoms with van der Waals surface area (Å²) in [6.45, 7) is 0.620. The highest BCUT2D eigenvalue weighted by atomic mass is 79.9. The molecule has 10 heavy (non-hydrogen) atoms. The average molecular weight is 217 g/mol. The van der Waals surface area contributed by atoms with Crippen LogP contribution in [0.4, 0.5) is 0 Å². The van der Waals surface area contributed by atoms with Gasteiger partial charge < -0.3 is 5.32 Å². The van der Waals surface area contributed by atoms with Crippen LogP contribution in [-0.4, -0.2) is 0 Å². The van der Waals surface area contributed by atoms with Gasteiger partial charge in [-0.05, 0) is 27.4 Å². The summed E-state index contributed by atoms with van der Waals surface area (Å²) in [6, 6.07) is 1.97. The fourth-order valence-corrected chi connectivity index (χ4v) is 2.00. The molecule has 0 aliphatic rings. The molecule has 0 saturated carbocycles. The summed E-state index contributed by atoms with van der Waals surface area (Å²) in [5, 5.41) is 12.7. The van der Waals surface area contributed by atoms with Gasteiger partial charge in [-0.15, -0.1) is 11.3 Å². The first-order chi connectivity index (χ1) is 4.84. The third-order valence-corrected chi connectivity index (χ3v) is 2.95. The van der Waals surface area contributed by atoms with E-state index in [4.69, 9.17) is 5.26 Å². The number of hydrogen-bond acceptors (Lipinski definition) is 3. The third kappa shape index (κ3) is 1.72. The van der Waals surface area contributed by atoms with Crippen LogP contribution in [0.25, 0.3) is 0 Å². The molecule has 0 radical (unpaired) electrons. The Balaban J connectivity index is 2.59. The van der Waals surface area contributed by atoms with Gasteiger partial charge in [0.15, 0.2) is 6.19 Å². The van der Waals surface area contributed by atoms with Gasteiger partial charge in [-0.3, -0.25) is 0 Å². The van der Waals surface area contributed by atoms with Crippen LogP contribution in [0.2, 0.25) is 0 Å². The van der Waals surface area contributed by atoms with E-state index in [2.05, 4.69) is 21.2 Å². The monoisotopic (exact) mass is 216 g/mol. The molecule has 1 heterocycles. The van der Waals surface area contributed by atoms with Crippen LogP contribution in [0, 0.1) is 11.5 Å². The molecule has 1 rings (SSSR count). The second kappa shape index (κ2) is 3.59. The molecule has 0 fully saturated rings. The number of nitrogens with one attached hydrogen (secondary N) is 1. The van der Waals surface area contributed by atoms with E-state index in [1.54, 1.807) is 11.3 Å². The van der Waals surface area contributed by atoms with Crippen LogP contribution in [0.3, 0.4) is 0 Å². The summed E-state index contributed by atoms with van der Waals surface area (Å²) in [5.74, 6) is 0. The van der Waals surface area contributed by atoms with Crippen molar-refractivity contribution < 1.29 is 0 Å². The summed E-state index contributed by atoms with van der Waals surface area (Å²) in [6.07, 6.45) is 1.87. The maximum absolute atomic E-state index is 8.18. The van der Waals surface area contributed by atoms with Crippen molar-refractivity contribution in [2.24, 2.45) is 0 Å². The molecule has 1 aromatic rings. The number of nitriles is 1. The lowest BCUT2D eigenvalue weighted by molar-refractivity contribution is 0.898. The zero-order valence-electron chi connectivity index (χ0n) is 5.10. The molecule has 0 amide bonds. The molecule has 1 aromatic heterocycles. The van der Waals surface area contributed by atoms with E-state index in [1.165, 1.54) is 0 Å². The van der Waals surface area contributed by atoms with Crippen LogP contribution in [0.1, 0.15) is 4.88 Å². The van der Waals surface area contributed by atoms with Crippen LogP contribution < -0.4 is 5.32 Å². The molecular formula is C6H5BrN2S. The maximum atomic E-state index is 8.18. The first-order valence-electron chi connectivity index (χ1n) is 2.68. The highest BCUT2D eigenvalue weighted by Crippen LogP contribution is 2.21. The molecule has 0 bridgehead atoms. The van der Waals surface area contributed by atoms with Gasteiger partial charge in [0.05, 0.1) is 6.54 Å². The molecule has 4 heteroatoms. The Kier molecular flexibility index (Phi) is 2.72. The Morgan fingerprint density at radius 2 is 2.60 bits per heavy atom. The molecule has 0 aliphatic heterocycles. The van der Waals surface area contributed by atoms with Crippen molar-refractivity contribution in [2.45, 2.75) is 6.54 Å². The van der Waals surface area contributed by atoms with Crippen LogP contribution in [0.5, 0.6) is 0 Å². The highest BCUT2D eigenvalue weighted by Gasteiger charge is 1.97. The molecular weight excluding hydrogens is 212 g/mol. The number of halogens is 1. The molecule has 0 aliphatic carbocycles. The molecule has 0 aromatic carbocycles. The molecule has 0 atom stereocenters. The van der Waals surface area contributed by atoms with E-state index in [-0.39, 0.29) is 0 Å². The van der Waals surface area contributed by atoms with Crippen molar-refractivity contribution in [3.8, 4) is 6.19 Å². The lowest BCUT2D eigenvalue weighted by Crippen LogP contribution is -2.02. The summed E-state index contributed by atoms with van der Waals surface area (Å²) in [7, 11) is 0. The topological polar surface area (TPSA) is 35.8 Å². The van der Waals surface area contributed by atoms with Crippen molar-refractivity contribution in [3.05, 3.63) is 20.8 Å².